The highest BCUT2D eigenvalue weighted by molar-refractivity contribution is 7.10. The van der Waals surface area contributed by atoms with E-state index in [1.165, 1.54) is 22.7 Å². The van der Waals surface area contributed by atoms with Crippen molar-refractivity contribution in [2.75, 3.05) is 12.4 Å². The third-order valence-electron chi connectivity index (χ3n) is 5.52. The van der Waals surface area contributed by atoms with Crippen molar-refractivity contribution in [1.82, 2.24) is 4.57 Å². The fraction of sp³-hybridized carbons (Fsp3) is 0.115. The molecular formula is C26H21N3O3S2. The van der Waals surface area contributed by atoms with Gasteiger partial charge in [-0.1, -0.05) is 47.7 Å². The second kappa shape index (κ2) is 9.24. The summed E-state index contributed by atoms with van der Waals surface area (Å²) in [4.78, 5) is 33.1. The molecule has 0 radical (unpaired) electrons. The Balaban J connectivity index is 1.62. The highest BCUT2D eigenvalue weighted by atomic mass is 32.1. The lowest BCUT2D eigenvalue weighted by atomic mass is 10.0. The molecule has 8 heteroatoms. The van der Waals surface area contributed by atoms with Crippen LogP contribution < -0.4 is 24.9 Å². The Morgan fingerprint density at radius 1 is 1.09 bits per heavy atom. The molecule has 0 unspecified atom stereocenters. The lowest BCUT2D eigenvalue weighted by Gasteiger charge is -2.24. The average Bonchev–Trinajstić information content (AvgIpc) is 3.48. The van der Waals surface area contributed by atoms with Crippen LogP contribution in [0.5, 0.6) is 5.75 Å². The van der Waals surface area contributed by atoms with Crippen LogP contribution >= 0.6 is 22.7 Å². The van der Waals surface area contributed by atoms with Gasteiger partial charge in [-0.05, 0) is 54.3 Å². The number of rotatable bonds is 5. The fourth-order valence-corrected chi connectivity index (χ4v) is 5.77. The molecule has 170 valence electrons. The van der Waals surface area contributed by atoms with Gasteiger partial charge in [0.05, 0.1) is 22.9 Å². The molecule has 6 nitrogen and oxygen atoms in total. The number of hydrogen-bond acceptors (Lipinski definition) is 6. The van der Waals surface area contributed by atoms with Crippen molar-refractivity contribution in [3.05, 3.63) is 114 Å². The molecule has 1 amide bonds. The molecule has 34 heavy (non-hydrogen) atoms. The molecule has 2 aromatic carbocycles. The summed E-state index contributed by atoms with van der Waals surface area (Å²) < 4.78 is 7.42. The van der Waals surface area contributed by atoms with Crippen LogP contribution in [0.2, 0.25) is 0 Å². The van der Waals surface area contributed by atoms with E-state index in [0.29, 0.717) is 26.3 Å². The molecule has 1 atom stereocenters. The first kappa shape index (κ1) is 22.1. The van der Waals surface area contributed by atoms with Crippen LogP contribution in [0.15, 0.2) is 93.2 Å². The van der Waals surface area contributed by atoms with E-state index in [0.717, 1.165) is 16.2 Å². The minimum Gasteiger partial charge on any atom is -0.497 e. The molecule has 4 aromatic rings. The monoisotopic (exact) mass is 487 g/mol. The van der Waals surface area contributed by atoms with Gasteiger partial charge >= 0.3 is 0 Å². The number of methoxy groups -OCH3 is 1. The van der Waals surface area contributed by atoms with Gasteiger partial charge in [0.15, 0.2) is 4.80 Å². The fourth-order valence-electron chi connectivity index (χ4n) is 3.90. The van der Waals surface area contributed by atoms with Crippen molar-refractivity contribution >= 4 is 40.3 Å². The maximum absolute atomic E-state index is 13.6. The van der Waals surface area contributed by atoms with E-state index in [9.17, 15) is 9.59 Å². The van der Waals surface area contributed by atoms with Crippen LogP contribution in [0.3, 0.4) is 0 Å². The summed E-state index contributed by atoms with van der Waals surface area (Å²) in [5, 5.41) is 4.91. The van der Waals surface area contributed by atoms with E-state index < -0.39 is 6.04 Å². The van der Waals surface area contributed by atoms with Gasteiger partial charge < -0.3 is 10.1 Å². The smallest absolute Gasteiger partial charge is 0.271 e. The number of anilines is 1. The summed E-state index contributed by atoms with van der Waals surface area (Å²) in [5.41, 5.74) is 2.47. The van der Waals surface area contributed by atoms with Gasteiger partial charge in [-0.2, -0.15) is 0 Å². The van der Waals surface area contributed by atoms with Crippen LogP contribution in [0, 0.1) is 0 Å². The van der Waals surface area contributed by atoms with Crippen LogP contribution in [-0.4, -0.2) is 17.6 Å². The van der Waals surface area contributed by atoms with Gasteiger partial charge in [-0.25, -0.2) is 4.99 Å². The summed E-state index contributed by atoms with van der Waals surface area (Å²) in [6.07, 6.45) is 1.85. The highest BCUT2D eigenvalue weighted by Gasteiger charge is 2.33. The molecular weight excluding hydrogens is 466 g/mol. The van der Waals surface area contributed by atoms with Crippen LogP contribution in [0.1, 0.15) is 23.4 Å². The second-order valence-corrected chi connectivity index (χ2v) is 9.68. The number of carbonyl (C=O) groups is 1. The molecule has 3 heterocycles. The number of hydrogen-bond donors (Lipinski definition) is 1. The topological polar surface area (TPSA) is 72.7 Å². The van der Waals surface area contributed by atoms with E-state index in [-0.39, 0.29) is 11.5 Å². The van der Waals surface area contributed by atoms with E-state index in [1.54, 1.807) is 11.7 Å². The van der Waals surface area contributed by atoms with Crippen molar-refractivity contribution in [2.24, 2.45) is 4.99 Å². The van der Waals surface area contributed by atoms with E-state index in [4.69, 9.17) is 4.74 Å². The molecule has 1 N–H and O–H groups in total. The number of nitrogens with zero attached hydrogens (tertiary/aromatic N) is 2. The molecule has 0 saturated carbocycles. The average molecular weight is 488 g/mol. The van der Waals surface area contributed by atoms with Crippen LogP contribution in [0.25, 0.3) is 6.08 Å². The van der Waals surface area contributed by atoms with E-state index in [2.05, 4.69) is 10.3 Å². The molecule has 0 aliphatic carbocycles. The zero-order valence-corrected chi connectivity index (χ0v) is 20.2. The Kier molecular flexibility index (Phi) is 6.00. The van der Waals surface area contributed by atoms with Gasteiger partial charge in [-0.3, -0.25) is 14.2 Å². The normalized spacial score (nSPS) is 15.6. The van der Waals surface area contributed by atoms with Crippen molar-refractivity contribution in [2.45, 2.75) is 13.0 Å². The zero-order chi connectivity index (χ0) is 23.7. The molecule has 1 aliphatic heterocycles. The number of ether oxygens (including phenoxy) is 1. The Bertz CT molecular complexity index is 1550. The van der Waals surface area contributed by atoms with Crippen LogP contribution in [-0.2, 0) is 4.79 Å². The van der Waals surface area contributed by atoms with Crippen molar-refractivity contribution in [3.63, 3.8) is 0 Å². The summed E-state index contributed by atoms with van der Waals surface area (Å²) in [6.45, 7) is 1.82. The van der Waals surface area contributed by atoms with E-state index in [1.807, 2.05) is 85.1 Å². The number of thiophene rings is 1. The summed E-state index contributed by atoms with van der Waals surface area (Å²) >= 11 is 2.84. The maximum Gasteiger partial charge on any atom is 0.271 e. The molecule has 0 saturated heterocycles. The predicted molar refractivity (Wildman–Crippen MR) is 136 cm³/mol. The molecule has 0 bridgehead atoms. The SMILES string of the molecule is COc1ccc(C=c2sc3n(c2=O)[C@H](c2cccs2)C(C(=O)Nc2ccccc2)=C(C)N=3)cc1. The third kappa shape index (κ3) is 4.13. The third-order valence-corrected chi connectivity index (χ3v) is 7.43. The first-order chi connectivity index (χ1) is 16.5. The number of allylic oxidation sites excluding steroid dienone is 1. The summed E-state index contributed by atoms with van der Waals surface area (Å²) in [5.74, 6) is 0.483. The Morgan fingerprint density at radius 2 is 1.85 bits per heavy atom. The van der Waals surface area contributed by atoms with Crippen molar-refractivity contribution in [1.29, 1.82) is 0 Å². The molecule has 0 spiro atoms. The lowest BCUT2D eigenvalue weighted by Crippen LogP contribution is -2.40. The highest BCUT2D eigenvalue weighted by Crippen LogP contribution is 2.33. The summed E-state index contributed by atoms with van der Waals surface area (Å²) in [7, 11) is 1.62. The summed E-state index contributed by atoms with van der Waals surface area (Å²) in [6, 6.07) is 20.1. The molecule has 2 aromatic heterocycles. The molecule has 0 fully saturated rings. The van der Waals surface area contributed by atoms with Crippen molar-refractivity contribution < 1.29 is 9.53 Å². The van der Waals surface area contributed by atoms with Gasteiger partial charge in [0.1, 0.15) is 11.8 Å². The maximum atomic E-state index is 13.6. The predicted octanol–water partition coefficient (Wildman–Crippen LogP) is 3.94. The second-order valence-electron chi connectivity index (χ2n) is 7.69. The zero-order valence-electron chi connectivity index (χ0n) is 18.5. The molecule has 1 aliphatic rings. The number of amides is 1. The number of para-hydroxylation sites is 1. The first-order valence-electron chi connectivity index (χ1n) is 10.6. The minimum atomic E-state index is -0.544. The Hall–Kier alpha value is -3.75. The number of nitrogens with one attached hydrogen (secondary N) is 1. The first-order valence-corrected chi connectivity index (χ1v) is 12.3. The van der Waals surface area contributed by atoms with Gasteiger partial charge in [0.2, 0.25) is 0 Å². The number of carbonyl (C=O) groups excluding carboxylic acids is 1. The standard InChI is InChI=1S/C26H21N3O3S2/c1-16-22(24(30)28-18-7-4-3-5-8-18)23(20-9-6-14-33-20)29-25(31)21(34-26(29)27-16)15-17-10-12-19(32-2)13-11-17/h3-15,23H,1-2H3,(H,28,30)/t23-/m1/s1. The molecule has 5 rings (SSSR count). The van der Waals surface area contributed by atoms with Gasteiger partial charge in [-0.15, -0.1) is 11.3 Å². The Labute approximate surface area is 203 Å². The minimum absolute atomic E-state index is 0.171. The number of benzene rings is 2. The van der Waals surface area contributed by atoms with Gasteiger partial charge in [0.25, 0.3) is 11.5 Å². The quantitative estimate of drug-likeness (QED) is 0.463. The number of thiazole rings is 1. The van der Waals surface area contributed by atoms with Crippen molar-refractivity contribution in [3.8, 4) is 5.75 Å². The number of fused-ring (bicyclic) bond motifs is 1. The van der Waals surface area contributed by atoms with Gasteiger partial charge in [0, 0.05) is 10.6 Å². The van der Waals surface area contributed by atoms with Crippen LogP contribution in [0.4, 0.5) is 5.69 Å². The Morgan fingerprint density at radius 3 is 2.53 bits per heavy atom. The van der Waals surface area contributed by atoms with E-state index >= 15 is 0 Å². The number of aromatic nitrogens is 1. The largest absolute Gasteiger partial charge is 0.497 e. The lowest BCUT2D eigenvalue weighted by molar-refractivity contribution is -0.113.